The van der Waals surface area contributed by atoms with Gasteiger partial charge in [0.05, 0.1) is 29.5 Å². The number of benzene rings is 1. The van der Waals surface area contributed by atoms with Crippen molar-refractivity contribution in [1.29, 1.82) is 0 Å². The van der Waals surface area contributed by atoms with Gasteiger partial charge in [-0.3, -0.25) is 14.3 Å². The van der Waals surface area contributed by atoms with E-state index in [0.29, 0.717) is 23.4 Å². The Bertz CT molecular complexity index is 1050. The van der Waals surface area contributed by atoms with Crippen LogP contribution in [0.1, 0.15) is 34.8 Å². The van der Waals surface area contributed by atoms with Gasteiger partial charge < -0.3 is 0 Å². The lowest BCUT2D eigenvalue weighted by atomic mass is 9.96. The van der Waals surface area contributed by atoms with E-state index in [1.165, 1.54) is 46.6 Å². The first-order chi connectivity index (χ1) is 13.7. The Morgan fingerprint density at radius 3 is 2.89 bits per heavy atom. The monoisotopic (exact) mass is 398 g/mol. The van der Waals surface area contributed by atoms with Gasteiger partial charge in [-0.25, -0.2) is 14.4 Å². The Labute approximate surface area is 166 Å². The van der Waals surface area contributed by atoms with E-state index in [-0.39, 0.29) is 11.4 Å². The number of nitrogens with zero attached hydrogens (tertiary/aromatic N) is 4. The van der Waals surface area contributed by atoms with Crippen LogP contribution in [0.5, 0.6) is 0 Å². The number of piperidine rings is 1. The molecule has 1 fully saturated rings. The second kappa shape index (κ2) is 7.37. The maximum absolute atomic E-state index is 13.3. The Kier molecular flexibility index (Phi) is 4.72. The highest BCUT2D eigenvalue weighted by Crippen LogP contribution is 2.29. The lowest BCUT2D eigenvalue weighted by Gasteiger charge is -2.31. The number of fused-ring (bicyclic) bond motifs is 2. The highest BCUT2D eigenvalue weighted by molar-refractivity contribution is 7.11. The molecule has 0 atom stereocenters. The Morgan fingerprint density at radius 2 is 2.07 bits per heavy atom. The van der Waals surface area contributed by atoms with Gasteiger partial charge in [-0.15, -0.1) is 11.3 Å². The fourth-order valence-corrected chi connectivity index (χ4v) is 5.57. The SMILES string of the molecule is O=c1c2ccc(F)cc2ncn1CC1CCN(Cc2nc3c(s2)CCC3)CC1. The second-order valence-corrected chi connectivity index (χ2v) is 9.08. The van der Waals surface area contributed by atoms with Crippen LogP contribution < -0.4 is 5.56 Å². The van der Waals surface area contributed by atoms with Gasteiger partial charge in [0.15, 0.2) is 0 Å². The first-order valence-corrected chi connectivity index (χ1v) is 10.8. The van der Waals surface area contributed by atoms with Crippen molar-refractivity contribution in [2.45, 2.75) is 45.2 Å². The second-order valence-electron chi connectivity index (χ2n) is 7.91. The van der Waals surface area contributed by atoms with Crippen molar-refractivity contribution >= 4 is 22.2 Å². The number of aromatic nitrogens is 3. The molecule has 0 bridgehead atoms. The number of halogens is 1. The van der Waals surface area contributed by atoms with E-state index in [1.807, 2.05) is 11.3 Å². The van der Waals surface area contributed by atoms with Gasteiger partial charge in [0, 0.05) is 17.5 Å². The first kappa shape index (κ1) is 17.9. The molecular weight excluding hydrogens is 375 g/mol. The van der Waals surface area contributed by atoms with E-state index >= 15 is 0 Å². The Morgan fingerprint density at radius 1 is 1.21 bits per heavy atom. The molecule has 0 saturated carbocycles. The molecular formula is C21H23FN4OS. The molecule has 2 aromatic heterocycles. The predicted octanol–water partition coefficient (Wildman–Crippen LogP) is 3.39. The minimum Gasteiger partial charge on any atom is -0.298 e. The van der Waals surface area contributed by atoms with E-state index in [1.54, 1.807) is 10.9 Å². The molecule has 0 unspecified atom stereocenters. The third-order valence-corrected chi connectivity index (χ3v) is 7.09. The van der Waals surface area contributed by atoms with Gasteiger partial charge in [-0.05, 0) is 63.2 Å². The smallest absolute Gasteiger partial charge is 0.261 e. The summed E-state index contributed by atoms with van der Waals surface area (Å²) in [5.41, 5.74) is 1.68. The van der Waals surface area contributed by atoms with Crippen LogP contribution in [0, 0.1) is 11.7 Å². The number of rotatable bonds is 4. The van der Waals surface area contributed by atoms with Crippen molar-refractivity contribution in [1.82, 2.24) is 19.4 Å². The first-order valence-electron chi connectivity index (χ1n) is 10.0. The summed E-state index contributed by atoms with van der Waals surface area (Å²) >= 11 is 1.89. The van der Waals surface area contributed by atoms with Crippen molar-refractivity contribution in [3.63, 3.8) is 0 Å². The molecule has 5 nitrogen and oxygen atoms in total. The van der Waals surface area contributed by atoms with E-state index in [9.17, 15) is 9.18 Å². The third kappa shape index (κ3) is 3.49. The average Bonchev–Trinajstić information content (AvgIpc) is 3.27. The number of hydrogen-bond donors (Lipinski definition) is 0. The van der Waals surface area contributed by atoms with E-state index in [0.717, 1.165) is 38.9 Å². The van der Waals surface area contributed by atoms with Crippen molar-refractivity contribution in [2.75, 3.05) is 13.1 Å². The van der Waals surface area contributed by atoms with Crippen LogP contribution in [0.3, 0.4) is 0 Å². The van der Waals surface area contributed by atoms with Crippen molar-refractivity contribution in [3.8, 4) is 0 Å². The van der Waals surface area contributed by atoms with Gasteiger partial charge in [-0.2, -0.15) is 0 Å². The number of aryl methyl sites for hydroxylation is 2. The molecule has 5 rings (SSSR count). The highest BCUT2D eigenvalue weighted by Gasteiger charge is 2.23. The lowest BCUT2D eigenvalue weighted by molar-refractivity contribution is 0.166. The number of likely N-dealkylation sites (tertiary alicyclic amines) is 1. The van der Waals surface area contributed by atoms with Crippen LogP contribution in [-0.2, 0) is 25.9 Å². The molecule has 2 aliphatic rings. The van der Waals surface area contributed by atoms with Gasteiger partial charge >= 0.3 is 0 Å². The normalized spacial score (nSPS) is 18.0. The summed E-state index contributed by atoms with van der Waals surface area (Å²) in [6.45, 7) is 3.71. The maximum Gasteiger partial charge on any atom is 0.261 e. The molecule has 1 aliphatic carbocycles. The average molecular weight is 399 g/mol. The molecule has 0 N–H and O–H groups in total. The van der Waals surface area contributed by atoms with Crippen molar-refractivity contribution in [3.05, 3.63) is 56.3 Å². The van der Waals surface area contributed by atoms with E-state index in [2.05, 4.69) is 9.88 Å². The maximum atomic E-state index is 13.3. The highest BCUT2D eigenvalue weighted by atomic mass is 32.1. The molecule has 3 aromatic rings. The summed E-state index contributed by atoms with van der Waals surface area (Å²) in [6, 6.07) is 4.17. The zero-order chi connectivity index (χ0) is 19.1. The largest absolute Gasteiger partial charge is 0.298 e. The predicted molar refractivity (Wildman–Crippen MR) is 108 cm³/mol. The summed E-state index contributed by atoms with van der Waals surface area (Å²) in [5.74, 6) is 0.102. The van der Waals surface area contributed by atoms with Crippen LogP contribution in [0.4, 0.5) is 4.39 Å². The molecule has 0 radical (unpaired) electrons. The van der Waals surface area contributed by atoms with Crippen LogP contribution in [-0.4, -0.2) is 32.5 Å². The Balaban J connectivity index is 1.21. The molecule has 146 valence electrons. The van der Waals surface area contributed by atoms with E-state index in [4.69, 9.17) is 4.98 Å². The molecule has 0 amide bonds. The minimum absolute atomic E-state index is 0.0790. The van der Waals surface area contributed by atoms with Gasteiger partial charge in [-0.1, -0.05) is 0 Å². The summed E-state index contributed by atoms with van der Waals surface area (Å²) in [4.78, 5) is 25.7. The van der Waals surface area contributed by atoms with Crippen LogP contribution >= 0.6 is 11.3 Å². The third-order valence-electron chi connectivity index (χ3n) is 5.95. The summed E-state index contributed by atoms with van der Waals surface area (Å²) in [6.07, 6.45) is 7.31. The molecule has 7 heteroatoms. The molecule has 28 heavy (non-hydrogen) atoms. The van der Waals surface area contributed by atoms with Crippen LogP contribution in [0.2, 0.25) is 0 Å². The molecule has 1 saturated heterocycles. The quantitative estimate of drug-likeness (QED) is 0.676. The molecule has 3 heterocycles. The zero-order valence-electron chi connectivity index (χ0n) is 15.7. The van der Waals surface area contributed by atoms with Crippen molar-refractivity contribution < 1.29 is 4.39 Å². The summed E-state index contributed by atoms with van der Waals surface area (Å²) in [5, 5.41) is 1.74. The Hall–Kier alpha value is -2.12. The summed E-state index contributed by atoms with van der Waals surface area (Å²) < 4.78 is 15.0. The molecule has 1 aromatic carbocycles. The van der Waals surface area contributed by atoms with Gasteiger partial charge in [0.25, 0.3) is 5.56 Å². The van der Waals surface area contributed by atoms with Crippen LogP contribution in [0.15, 0.2) is 29.3 Å². The van der Waals surface area contributed by atoms with Crippen LogP contribution in [0.25, 0.3) is 10.9 Å². The van der Waals surface area contributed by atoms with Gasteiger partial charge in [0.1, 0.15) is 10.8 Å². The summed E-state index contributed by atoms with van der Waals surface area (Å²) in [7, 11) is 0. The molecule has 0 spiro atoms. The lowest BCUT2D eigenvalue weighted by Crippen LogP contribution is -2.36. The van der Waals surface area contributed by atoms with Gasteiger partial charge in [0.2, 0.25) is 0 Å². The van der Waals surface area contributed by atoms with Crippen molar-refractivity contribution in [2.24, 2.45) is 5.92 Å². The zero-order valence-corrected chi connectivity index (χ0v) is 16.6. The number of thiazole rings is 1. The standard InChI is InChI=1S/C21H23FN4OS/c22-15-4-5-16-18(10-15)23-13-26(21(16)27)11-14-6-8-25(9-7-14)12-20-24-17-2-1-3-19(17)28-20/h4-5,10,13-14H,1-3,6-9,11-12H2. The fraction of sp³-hybridized carbons (Fsp3) is 0.476. The molecule has 1 aliphatic heterocycles. The minimum atomic E-state index is -0.366. The topological polar surface area (TPSA) is 51.0 Å². The number of hydrogen-bond acceptors (Lipinski definition) is 5. The van der Waals surface area contributed by atoms with E-state index < -0.39 is 0 Å². The fourth-order valence-electron chi connectivity index (χ4n) is 4.37.